The SMILES string of the molecule is CCCCCC(=O)OC[C@H](CSC[C@H](NC(=O)OCC1c2ccccc2-c2ccccc21)C(=O)O)OC(=O)CCCCC. The minimum absolute atomic E-state index is 0.00780. The highest BCUT2D eigenvalue weighted by Crippen LogP contribution is 2.44. The number of benzene rings is 2. The van der Waals surface area contributed by atoms with Crippen molar-refractivity contribution in [1.29, 1.82) is 0 Å². The number of carboxylic acid groups (broad SMARTS) is 1. The topological polar surface area (TPSA) is 128 Å². The van der Waals surface area contributed by atoms with Crippen molar-refractivity contribution in [3.05, 3.63) is 59.7 Å². The normalized spacial score (nSPS) is 13.3. The number of carbonyl (C=O) groups is 4. The van der Waals surface area contributed by atoms with Gasteiger partial charge in [-0.15, -0.1) is 0 Å². The maximum absolute atomic E-state index is 12.7. The molecule has 0 unspecified atom stereocenters. The van der Waals surface area contributed by atoms with E-state index in [1.807, 2.05) is 62.4 Å². The third-order valence-corrected chi connectivity index (χ3v) is 8.40. The molecule has 0 aliphatic heterocycles. The minimum atomic E-state index is -1.22. The number of amides is 1. The number of ether oxygens (including phenoxy) is 3. The molecule has 10 heteroatoms. The predicted octanol–water partition coefficient (Wildman–Crippen LogP) is 6.33. The number of esters is 2. The molecule has 2 aromatic carbocycles. The van der Waals surface area contributed by atoms with Crippen LogP contribution in [0.3, 0.4) is 0 Å². The molecule has 0 saturated carbocycles. The highest BCUT2D eigenvalue weighted by atomic mass is 32.2. The number of unbranched alkanes of at least 4 members (excludes halogenated alkanes) is 4. The number of aliphatic carboxylic acids is 1. The molecule has 2 N–H and O–H groups in total. The number of carboxylic acids is 1. The summed E-state index contributed by atoms with van der Waals surface area (Å²) in [5.41, 5.74) is 4.31. The van der Waals surface area contributed by atoms with Crippen LogP contribution in [-0.4, -0.2) is 66.0 Å². The summed E-state index contributed by atoms with van der Waals surface area (Å²) in [6.07, 6.45) is 4.23. The Bertz CT molecular complexity index is 1170. The zero-order chi connectivity index (χ0) is 31.0. The predicted molar refractivity (Wildman–Crippen MR) is 166 cm³/mol. The van der Waals surface area contributed by atoms with Crippen molar-refractivity contribution >= 4 is 35.8 Å². The molecule has 9 nitrogen and oxygen atoms in total. The van der Waals surface area contributed by atoms with Gasteiger partial charge in [-0.1, -0.05) is 88.1 Å². The summed E-state index contributed by atoms with van der Waals surface area (Å²) in [5, 5.41) is 12.2. The minimum Gasteiger partial charge on any atom is -0.480 e. The molecule has 0 saturated heterocycles. The molecule has 0 heterocycles. The van der Waals surface area contributed by atoms with Crippen molar-refractivity contribution in [2.45, 2.75) is 83.3 Å². The van der Waals surface area contributed by atoms with Gasteiger partial charge < -0.3 is 24.6 Å². The van der Waals surface area contributed by atoms with Crippen LogP contribution in [0.25, 0.3) is 11.1 Å². The van der Waals surface area contributed by atoms with Gasteiger partial charge in [-0.05, 0) is 35.1 Å². The maximum Gasteiger partial charge on any atom is 0.407 e. The van der Waals surface area contributed by atoms with E-state index in [2.05, 4.69) is 5.32 Å². The molecular formula is C33H43NO8S. The molecule has 0 spiro atoms. The van der Waals surface area contributed by atoms with Crippen molar-refractivity contribution < 1.29 is 38.5 Å². The first kappa shape index (κ1) is 34.0. The van der Waals surface area contributed by atoms with Crippen LogP contribution < -0.4 is 5.32 Å². The van der Waals surface area contributed by atoms with Crippen LogP contribution in [0.15, 0.2) is 48.5 Å². The molecule has 0 fully saturated rings. The Labute approximate surface area is 258 Å². The Morgan fingerprint density at radius 3 is 1.98 bits per heavy atom. The Balaban J connectivity index is 1.51. The number of thioether (sulfide) groups is 1. The van der Waals surface area contributed by atoms with E-state index in [4.69, 9.17) is 14.2 Å². The Kier molecular flexibility index (Phi) is 14.4. The second kappa shape index (κ2) is 18.2. The van der Waals surface area contributed by atoms with E-state index in [-0.39, 0.29) is 49.0 Å². The van der Waals surface area contributed by atoms with Crippen LogP contribution in [0.5, 0.6) is 0 Å². The lowest BCUT2D eigenvalue weighted by atomic mass is 9.98. The van der Waals surface area contributed by atoms with Crippen LogP contribution in [0, 0.1) is 0 Å². The van der Waals surface area contributed by atoms with Crippen LogP contribution in [0.4, 0.5) is 4.79 Å². The van der Waals surface area contributed by atoms with Crippen LogP contribution in [0.1, 0.15) is 82.3 Å². The van der Waals surface area contributed by atoms with Crippen molar-refractivity contribution in [3.63, 3.8) is 0 Å². The first-order chi connectivity index (χ1) is 20.8. The van der Waals surface area contributed by atoms with E-state index in [0.29, 0.717) is 12.8 Å². The van der Waals surface area contributed by atoms with Crippen LogP contribution in [0.2, 0.25) is 0 Å². The quantitative estimate of drug-likeness (QED) is 0.106. The van der Waals surface area contributed by atoms with Crippen LogP contribution in [-0.2, 0) is 28.6 Å². The Hall–Kier alpha value is -3.53. The Morgan fingerprint density at radius 2 is 1.40 bits per heavy atom. The summed E-state index contributed by atoms with van der Waals surface area (Å²) in [6, 6.07) is 14.7. The summed E-state index contributed by atoms with van der Waals surface area (Å²) in [4.78, 5) is 49.0. The first-order valence-corrected chi connectivity index (χ1v) is 16.3. The second-order valence-electron chi connectivity index (χ2n) is 10.6. The molecule has 0 bridgehead atoms. The molecule has 2 aromatic rings. The van der Waals surface area contributed by atoms with Gasteiger partial charge in [0.2, 0.25) is 0 Å². The summed E-state index contributed by atoms with van der Waals surface area (Å²) in [5.74, 6) is -1.88. The monoisotopic (exact) mass is 613 g/mol. The number of fused-ring (bicyclic) bond motifs is 3. The van der Waals surface area contributed by atoms with E-state index < -0.39 is 24.2 Å². The molecule has 1 aliphatic rings. The third-order valence-electron chi connectivity index (χ3n) is 7.22. The van der Waals surface area contributed by atoms with Gasteiger partial charge in [0.15, 0.2) is 0 Å². The van der Waals surface area contributed by atoms with Gasteiger partial charge >= 0.3 is 24.0 Å². The van der Waals surface area contributed by atoms with Crippen LogP contribution >= 0.6 is 11.8 Å². The van der Waals surface area contributed by atoms with E-state index in [0.717, 1.165) is 54.4 Å². The van der Waals surface area contributed by atoms with Crippen molar-refractivity contribution in [2.75, 3.05) is 24.7 Å². The van der Waals surface area contributed by atoms with Gasteiger partial charge in [-0.2, -0.15) is 11.8 Å². The van der Waals surface area contributed by atoms with E-state index >= 15 is 0 Å². The Morgan fingerprint density at radius 1 is 0.814 bits per heavy atom. The molecule has 1 aliphatic carbocycles. The van der Waals surface area contributed by atoms with E-state index in [1.165, 1.54) is 11.8 Å². The molecule has 1 amide bonds. The van der Waals surface area contributed by atoms with E-state index in [1.54, 1.807) is 0 Å². The van der Waals surface area contributed by atoms with E-state index in [9.17, 15) is 24.3 Å². The number of hydrogen-bond donors (Lipinski definition) is 2. The smallest absolute Gasteiger partial charge is 0.407 e. The van der Waals surface area contributed by atoms with Gasteiger partial charge in [0, 0.05) is 30.3 Å². The fourth-order valence-corrected chi connectivity index (χ4v) is 5.96. The number of nitrogens with one attached hydrogen (secondary N) is 1. The number of carbonyl (C=O) groups excluding carboxylic acids is 3. The van der Waals surface area contributed by atoms with Crippen molar-refractivity contribution in [2.24, 2.45) is 0 Å². The summed E-state index contributed by atoms with van der Waals surface area (Å²) in [7, 11) is 0. The second-order valence-corrected chi connectivity index (χ2v) is 11.7. The molecule has 43 heavy (non-hydrogen) atoms. The standard InChI is InChI=1S/C33H43NO8S/c1-3-5-7-17-30(35)40-19-23(42-31(36)18-8-6-4-2)21-43-22-29(32(37)38)34-33(39)41-20-28-26-15-11-9-13-24(26)25-14-10-12-16-27(25)28/h9-16,23,28-29H,3-8,17-22H2,1-2H3,(H,34,39)(H,37,38)/t23-,29+/m1/s1. The number of alkyl carbamates (subject to hydrolysis) is 1. The zero-order valence-electron chi connectivity index (χ0n) is 25.0. The third kappa shape index (κ3) is 10.9. The fourth-order valence-electron chi connectivity index (χ4n) is 4.93. The summed E-state index contributed by atoms with van der Waals surface area (Å²) < 4.78 is 16.4. The number of hydrogen-bond acceptors (Lipinski definition) is 8. The highest BCUT2D eigenvalue weighted by Gasteiger charge is 2.30. The van der Waals surface area contributed by atoms with Gasteiger partial charge in [-0.25, -0.2) is 9.59 Å². The lowest BCUT2D eigenvalue weighted by Gasteiger charge is -2.20. The van der Waals surface area contributed by atoms with Gasteiger partial charge in [0.1, 0.15) is 25.4 Å². The average Bonchev–Trinajstić information content (AvgIpc) is 3.32. The molecule has 3 rings (SSSR count). The van der Waals surface area contributed by atoms with Crippen molar-refractivity contribution in [3.8, 4) is 11.1 Å². The molecule has 0 radical (unpaired) electrons. The van der Waals surface area contributed by atoms with Gasteiger partial charge in [0.05, 0.1) is 0 Å². The van der Waals surface area contributed by atoms with Crippen molar-refractivity contribution in [1.82, 2.24) is 5.32 Å². The van der Waals surface area contributed by atoms with Gasteiger partial charge in [0.25, 0.3) is 0 Å². The lowest BCUT2D eigenvalue weighted by Crippen LogP contribution is -2.43. The van der Waals surface area contributed by atoms with Gasteiger partial charge in [-0.3, -0.25) is 9.59 Å². The molecule has 0 aromatic heterocycles. The lowest BCUT2D eigenvalue weighted by molar-refractivity contribution is -0.157. The summed E-state index contributed by atoms with van der Waals surface area (Å²) in [6.45, 7) is 4.05. The molecular weight excluding hydrogens is 570 g/mol. The highest BCUT2D eigenvalue weighted by molar-refractivity contribution is 7.99. The average molecular weight is 614 g/mol. The largest absolute Gasteiger partial charge is 0.480 e. The number of rotatable bonds is 19. The first-order valence-electron chi connectivity index (χ1n) is 15.1. The molecule has 234 valence electrons. The summed E-state index contributed by atoms with van der Waals surface area (Å²) >= 11 is 1.19. The maximum atomic E-state index is 12.7. The fraction of sp³-hybridized carbons (Fsp3) is 0.515. The zero-order valence-corrected chi connectivity index (χ0v) is 25.9. The molecule has 2 atom stereocenters.